The van der Waals surface area contributed by atoms with E-state index < -0.39 is 69.8 Å². The Bertz CT molecular complexity index is 1190. The molecule has 0 bridgehead atoms. The molecular weight excluding hydrogens is 551 g/mol. The molecule has 17 heteroatoms. The molecule has 2 aromatic heterocycles. The number of halogens is 1. The van der Waals surface area contributed by atoms with E-state index in [0.717, 1.165) is 25.7 Å². The second-order valence-electron chi connectivity index (χ2n) is 9.33. The van der Waals surface area contributed by atoms with Crippen molar-refractivity contribution in [1.82, 2.24) is 14.6 Å². The molecule has 0 aromatic carbocycles. The molecule has 1 saturated carbocycles. The summed E-state index contributed by atoms with van der Waals surface area (Å²) in [5.74, 6) is -0.889. The molecule has 4 rings (SSSR count). The molecule has 2 aromatic rings. The van der Waals surface area contributed by atoms with Crippen molar-refractivity contribution < 1.29 is 53.8 Å². The molecule has 7 N–H and O–H groups in total. The highest BCUT2D eigenvalue weighted by atomic mass is 35.5. The summed E-state index contributed by atoms with van der Waals surface area (Å²) in [7, 11) is -5.21. The Morgan fingerprint density at radius 3 is 2.61 bits per heavy atom. The molecule has 1 saturated heterocycles. The lowest BCUT2D eigenvalue weighted by Crippen LogP contribution is -2.45. The van der Waals surface area contributed by atoms with Gasteiger partial charge in [-0.15, -0.1) is 5.10 Å². The van der Waals surface area contributed by atoms with Crippen molar-refractivity contribution in [2.24, 2.45) is 0 Å². The fourth-order valence-corrected chi connectivity index (χ4v) is 5.48. The number of aromatic nitrogens is 3. The summed E-state index contributed by atoms with van der Waals surface area (Å²) in [6.45, 7) is -3.74. The van der Waals surface area contributed by atoms with E-state index in [2.05, 4.69) is 15.4 Å². The van der Waals surface area contributed by atoms with Gasteiger partial charge in [0.15, 0.2) is 5.82 Å². The lowest BCUT2D eigenvalue weighted by molar-refractivity contribution is -0.149. The average molecular weight is 581 g/mol. The van der Waals surface area contributed by atoms with Crippen LogP contribution in [0.25, 0.3) is 5.52 Å². The van der Waals surface area contributed by atoms with Gasteiger partial charge < -0.3 is 49.7 Å². The number of aliphatic hydroxyl groups excluding tert-OH is 3. The monoisotopic (exact) mass is 580 g/mol. The standard InChI is InChI=1S/C21H30ClN4O11P/c22-20-24-19(23-11-3-1-2-4-11)13-6-5-12(26(13)25-20)18-17(31)16(30)14(37-18)7-36-21(9-27,38(32,33)34)10-35-8-15(28)29/h5-6,11,14,16-18,27,30-31H,1-4,7-10H2,(H,28,29)(H,23,24,25)(H2,32,33,34)/t14-,16-,17-,18-,21?/m1/s1. The normalized spacial score (nSPS) is 26.2. The Labute approximate surface area is 221 Å². The van der Waals surface area contributed by atoms with Crippen LogP contribution in [0.15, 0.2) is 12.1 Å². The molecule has 2 aliphatic rings. The molecular formula is C21H30ClN4O11P. The molecule has 0 radical (unpaired) electrons. The molecule has 5 atom stereocenters. The molecule has 1 aliphatic carbocycles. The van der Waals surface area contributed by atoms with Crippen LogP contribution in [0.5, 0.6) is 0 Å². The summed E-state index contributed by atoms with van der Waals surface area (Å²) in [5.41, 5.74) is 0.902. The first-order chi connectivity index (χ1) is 18.0. The van der Waals surface area contributed by atoms with Crippen molar-refractivity contribution in [1.29, 1.82) is 0 Å². The Kier molecular flexibility index (Phi) is 8.94. The van der Waals surface area contributed by atoms with Gasteiger partial charge in [0.05, 0.1) is 25.5 Å². The number of carboxylic acid groups (broad SMARTS) is 1. The van der Waals surface area contributed by atoms with Crippen LogP contribution in [-0.4, -0.2) is 107 Å². The predicted molar refractivity (Wildman–Crippen MR) is 130 cm³/mol. The Morgan fingerprint density at radius 2 is 1.97 bits per heavy atom. The lowest BCUT2D eigenvalue weighted by Gasteiger charge is -2.33. The SMILES string of the molecule is O=C(O)COCC(CO)(OC[C@H]1O[C@H](c2ccc3c(NC4CCCC4)nc(Cl)nn23)[C@H](O)[C@@H]1O)P(=O)(O)O. The van der Waals surface area contributed by atoms with Crippen LogP contribution in [0.2, 0.25) is 5.28 Å². The molecule has 3 heterocycles. The molecule has 0 amide bonds. The van der Waals surface area contributed by atoms with Crippen molar-refractivity contribution in [2.75, 3.05) is 31.7 Å². The lowest BCUT2D eigenvalue weighted by atomic mass is 10.1. The van der Waals surface area contributed by atoms with Gasteiger partial charge in [0.1, 0.15) is 36.5 Å². The molecule has 38 heavy (non-hydrogen) atoms. The first kappa shape index (κ1) is 29.1. The topological polar surface area (TPSA) is 225 Å². The van der Waals surface area contributed by atoms with Gasteiger partial charge in [0.25, 0.3) is 0 Å². The smallest absolute Gasteiger partial charge is 0.361 e. The minimum Gasteiger partial charge on any atom is -0.480 e. The van der Waals surface area contributed by atoms with Gasteiger partial charge in [0, 0.05) is 6.04 Å². The largest absolute Gasteiger partial charge is 0.480 e. The highest BCUT2D eigenvalue weighted by Crippen LogP contribution is 2.51. The summed E-state index contributed by atoms with van der Waals surface area (Å²) in [6, 6.07) is 3.57. The summed E-state index contributed by atoms with van der Waals surface area (Å²) in [6.07, 6.45) is -1.26. The van der Waals surface area contributed by atoms with Crippen LogP contribution in [0.3, 0.4) is 0 Å². The van der Waals surface area contributed by atoms with Gasteiger partial charge in [-0.1, -0.05) is 12.8 Å². The van der Waals surface area contributed by atoms with Crippen molar-refractivity contribution in [2.45, 2.75) is 61.5 Å². The number of nitrogens with zero attached hydrogens (tertiary/aromatic N) is 3. The van der Waals surface area contributed by atoms with Crippen LogP contribution in [0, 0.1) is 0 Å². The highest BCUT2D eigenvalue weighted by Gasteiger charge is 2.51. The first-order valence-corrected chi connectivity index (χ1v) is 13.9. The van der Waals surface area contributed by atoms with Crippen LogP contribution >= 0.6 is 19.2 Å². The van der Waals surface area contributed by atoms with E-state index in [1.165, 1.54) is 4.52 Å². The number of hydrogen-bond donors (Lipinski definition) is 7. The molecule has 1 aliphatic heterocycles. The number of nitrogens with one attached hydrogen (secondary N) is 1. The van der Waals surface area contributed by atoms with Crippen LogP contribution in [0.4, 0.5) is 5.82 Å². The second-order valence-corrected chi connectivity index (χ2v) is 11.6. The van der Waals surface area contributed by atoms with Crippen LogP contribution in [0.1, 0.15) is 37.5 Å². The Hall–Kier alpha value is -1.91. The van der Waals surface area contributed by atoms with Crippen LogP contribution in [-0.2, 0) is 23.6 Å². The third-order valence-corrected chi connectivity index (χ3v) is 8.33. The number of rotatable bonds is 12. The minimum absolute atomic E-state index is 0.0564. The number of aliphatic carboxylic acids is 1. The average Bonchev–Trinajstić information content (AvgIpc) is 3.56. The summed E-state index contributed by atoms with van der Waals surface area (Å²) in [4.78, 5) is 34.5. The number of carbonyl (C=O) groups is 1. The van der Waals surface area contributed by atoms with E-state index in [0.29, 0.717) is 17.0 Å². The zero-order chi connectivity index (χ0) is 27.7. The van der Waals surface area contributed by atoms with Crippen molar-refractivity contribution in [3.8, 4) is 0 Å². The minimum atomic E-state index is -5.21. The van der Waals surface area contributed by atoms with E-state index >= 15 is 0 Å². The van der Waals surface area contributed by atoms with Crippen molar-refractivity contribution >= 4 is 36.5 Å². The fourth-order valence-electron chi connectivity index (χ4n) is 4.63. The third-order valence-electron chi connectivity index (χ3n) is 6.71. The van der Waals surface area contributed by atoms with Gasteiger partial charge in [-0.3, -0.25) is 4.57 Å². The maximum Gasteiger partial charge on any atom is 0.361 e. The first-order valence-electron chi connectivity index (χ1n) is 11.9. The van der Waals surface area contributed by atoms with Gasteiger partial charge >= 0.3 is 13.6 Å². The van der Waals surface area contributed by atoms with E-state index in [4.69, 9.17) is 30.9 Å². The van der Waals surface area contributed by atoms with Gasteiger partial charge in [-0.05, 0) is 36.6 Å². The van der Waals surface area contributed by atoms with Crippen molar-refractivity contribution in [3.63, 3.8) is 0 Å². The Morgan fingerprint density at radius 1 is 1.26 bits per heavy atom. The van der Waals surface area contributed by atoms with E-state index in [9.17, 15) is 34.5 Å². The maximum atomic E-state index is 12.1. The predicted octanol–water partition coefficient (Wildman–Crippen LogP) is -0.117. The molecule has 15 nitrogen and oxygen atoms in total. The van der Waals surface area contributed by atoms with Gasteiger partial charge in [0.2, 0.25) is 10.6 Å². The number of carboxylic acids is 1. The number of ether oxygens (including phenoxy) is 3. The van der Waals surface area contributed by atoms with E-state index in [1.807, 2.05) is 0 Å². The molecule has 2 fully saturated rings. The van der Waals surface area contributed by atoms with Crippen LogP contribution < -0.4 is 5.32 Å². The maximum absolute atomic E-state index is 12.1. The zero-order valence-corrected chi connectivity index (χ0v) is 21.7. The number of anilines is 1. The van der Waals surface area contributed by atoms with Crippen molar-refractivity contribution in [3.05, 3.63) is 23.1 Å². The summed E-state index contributed by atoms with van der Waals surface area (Å²) < 4.78 is 29.4. The summed E-state index contributed by atoms with van der Waals surface area (Å²) in [5, 5.41) is 44.7. The van der Waals surface area contributed by atoms with Gasteiger partial charge in [-0.25, -0.2) is 9.31 Å². The van der Waals surface area contributed by atoms with E-state index in [1.54, 1.807) is 12.1 Å². The molecule has 212 valence electrons. The highest BCUT2D eigenvalue weighted by molar-refractivity contribution is 7.53. The molecule has 1 unspecified atom stereocenters. The number of hydrogen-bond acceptors (Lipinski definition) is 11. The Balaban J connectivity index is 1.52. The number of aliphatic hydroxyl groups is 3. The summed E-state index contributed by atoms with van der Waals surface area (Å²) >= 11 is 6.16. The van der Waals surface area contributed by atoms with Gasteiger partial charge in [-0.2, -0.15) is 4.98 Å². The third kappa shape index (κ3) is 5.97. The second kappa shape index (κ2) is 11.7. The fraction of sp³-hybridized carbons (Fsp3) is 0.667. The zero-order valence-electron chi connectivity index (χ0n) is 20.1. The molecule has 0 spiro atoms. The number of fused-ring (bicyclic) bond motifs is 1. The van der Waals surface area contributed by atoms with E-state index in [-0.39, 0.29) is 11.3 Å². The quantitative estimate of drug-likeness (QED) is 0.163.